The molecule has 0 aliphatic carbocycles. The highest BCUT2D eigenvalue weighted by Crippen LogP contribution is 2.18. The first-order valence-corrected chi connectivity index (χ1v) is 11.8. The van der Waals surface area contributed by atoms with Crippen LogP contribution in [0.3, 0.4) is 0 Å². The SMILES string of the molecule is CCN(CC)S(=O)(=O)c1ccc(NC(=O)COC(=O)CCC(=O)c2ccc(Cl)cc2)cc1. The molecule has 0 atom stereocenters. The molecule has 0 unspecified atom stereocenters. The quantitative estimate of drug-likeness (QED) is 0.389. The number of benzene rings is 2. The van der Waals surface area contributed by atoms with Crippen LogP contribution in [-0.4, -0.2) is 50.1 Å². The predicted molar refractivity (Wildman–Crippen MR) is 121 cm³/mol. The van der Waals surface area contributed by atoms with Gasteiger partial charge in [0.05, 0.1) is 11.3 Å². The first-order valence-electron chi connectivity index (χ1n) is 10.0. The maximum absolute atomic E-state index is 12.5. The van der Waals surface area contributed by atoms with Crippen molar-refractivity contribution in [1.82, 2.24) is 4.31 Å². The Hall–Kier alpha value is -2.75. The van der Waals surface area contributed by atoms with Crippen LogP contribution in [0, 0.1) is 0 Å². The highest BCUT2D eigenvalue weighted by molar-refractivity contribution is 7.89. The van der Waals surface area contributed by atoms with E-state index in [0.29, 0.717) is 29.4 Å². The summed E-state index contributed by atoms with van der Waals surface area (Å²) in [5, 5.41) is 3.03. The number of halogens is 1. The Labute approximate surface area is 192 Å². The molecule has 0 aromatic heterocycles. The number of ether oxygens (including phenoxy) is 1. The van der Waals surface area contributed by atoms with E-state index in [9.17, 15) is 22.8 Å². The third kappa shape index (κ3) is 7.15. The van der Waals surface area contributed by atoms with Gasteiger partial charge in [0.25, 0.3) is 5.91 Å². The van der Waals surface area contributed by atoms with Crippen LogP contribution in [0.15, 0.2) is 53.4 Å². The predicted octanol–water partition coefficient (Wildman–Crippen LogP) is 3.52. The summed E-state index contributed by atoms with van der Waals surface area (Å²) < 4.78 is 31.2. The lowest BCUT2D eigenvalue weighted by Gasteiger charge is -2.18. The largest absolute Gasteiger partial charge is 0.456 e. The Balaban J connectivity index is 1.80. The average molecular weight is 481 g/mol. The minimum atomic E-state index is -3.59. The van der Waals surface area contributed by atoms with Gasteiger partial charge in [0.15, 0.2) is 12.4 Å². The average Bonchev–Trinajstić information content (AvgIpc) is 2.77. The molecule has 0 radical (unpaired) electrons. The topological polar surface area (TPSA) is 110 Å². The minimum absolute atomic E-state index is 0.0510. The molecule has 172 valence electrons. The molecule has 8 nitrogen and oxygen atoms in total. The van der Waals surface area contributed by atoms with Gasteiger partial charge in [-0.05, 0) is 48.5 Å². The van der Waals surface area contributed by atoms with E-state index in [0.717, 1.165) is 0 Å². The molecule has 0 aliphatic rings. The summed E-state index contributed by atoms with van der Waals surface area (Å²) in [5.74, 6) is -1.49. The van der Waals surface area contributed by atoms with Gasteiger partial charge in [0, 0.05) is 35.8 Å². The van der Waals surface area contributed by atoms with E-state index in [1.54, 1.807) is 38.1 Å². The molecular weight excluding hydrogens is 456 g/mol. The second-order valence-corrected chi connectivity index (χ2v) is 9.13. The Morgan fingerprint density at radius 1 is 0.938 bits per heavy atom. The summed E-state index contributed by atoms with van der Waals surface area (Å²) in [6, 6.07) is 12.0. The third-order valence-electron chi connectivity index (χ3n) is 4.57. The van der Waals surface area contributed by atoms with Gasteiger partial charge >= 0.3 is 5.97 Å². The number of amides is 1. The fourth-order valence-electron chi connectivity index (χ4n) is 2.83. The van der Waals surface area contributed by atoms with Crippen LogP contribution in [0.2, 0.25) is 5.02 Å². The zero-order chi connectivity index (χ0) is 23.7. The standard InChI is InChI=1S/C22H25ClN2O6S/c1-3-25(4-2)32(29,30)19-11-9-18(10-12-19)24-21(27)15-31-22(28)14-13-20(26)16-5-7-17(23)8-6-16/h5-12H,3-4,13-15H2,1-2H3,(H,24,27). The smallest absolute Gasteiger partial charge is 0.306 e. The normalized spacial score (nSPS) is 11.2. The molecule has 1 N–H and O–H groups in total. The third-order valence-corrected chi connectivity index (χ3v) is 6.88. The summed E-state index contributed by atoms with van der Waals surface area (Å²) in [7, 11) is -3.59. The number of carbonyl (C=O) groups excluding carboxylic acids is 3. The van der Waals surface area contributed by atoms with Crippen molar-refractivity contribution < 1.29 is 27.5 Å². The number of hydrogen-bond acceptors (Lipinski definition) is 6. The summed E-state index contributed by atoms with van der Waals surface area (Å²) in [6.07, 6.45) is -0.211. The van der Waals surface area contributed by atoms with E-state index in [4.69, 9.17) is 16.3 Å². The monoisotopic (exact) mass is 480 g/mol. The lowest BCUT2D eigenvalue weighted by molar-refractivity contribution is -0.147. The van der Waals surface area contributed by atoms with Crippen molar-refractivity contribution in [3.05, 3.63) is 59.1 Å². The molecule has 0 spiro atoms. The van der Waals surface area contributed by atoms with Crippen LogP contribution in [0.25, 0.3) is 0 Å². The van der Waals surface area contributed by atoms with Crippen molar-refractivity contribution in [2.24, 2.45) is 0 Å². The summed E-state index contributed by atoms with van der Waals surface area (Å²) >= 11 is 5.77. The zero-order valence-electron chi connectivity index (χ0n) is 17.8. The van der Waals surface area contributed by atoms with Gasteiger partial charge < -0.3 is 10.1 Å². The van der Waals surface area contributed by atoms with Gasteiger partial charge in [-0.2, -0.15) is 4.31 Å². The Morgan fingerprint density at radius 3 is 2.09 bits per heavy atom. The molecule has 10 heteroatoms. The van der Waals surface area contributed by atoms with E-state index in [1.165, 1.54) is 28.6 Å². The van der Waals surface area contributed by atoms with E-state index < -0.39 is 28.5 Å². The molecule has 0 saturated heterocycles. The number of hydrogen-bond donors (Lipinski definition) is 1. The fourth-order valence-corrected chi connectivity index (χ4v) is 4.42. The Kier molecular flexibility index (Phi) is 9.37. The number of carbonyl (C=O) groups is 3. The Bertz CT molecular complexity index is 1050. The van der Waals surface area contributed by atoms with E-state index in [-0.39, 0.29) is 23.5 Å². The van der Waals surface area contributed by atoms with Crippen molar-refractivity contribution in [3.8, 4) is 0 Å². The number of nitrogens with zero attached hydrogens (tertiary/aromatic N) is 1. The first kappa shape index (κ1) is 25.5. The van der Waals surface area contributed by atoms with Gasteiger partial charge in [0.2, 0.25) is 10.0 Å². The summed E-state index contributed by atoms with van der Waals surface area (Å²) in [4.78, 5) is 36.0. The molecular formula is C22H25ClN2O6S. The minimum Gasteiger partial charge on any atom is -0.456 e. The second-order valence-electron chi connectivity index (χ2n) is 6.75. The number of sulfonamides is 1. The number of esters is 1. The number of Topliss-reactive ketones (excluding diaryl/α,β-unsaturated/α-hetero) is 1. The number of anilines is 1. The van der Waals surface area contributed by atoms with Crippen LogP contribution in [-0.2, 0) is 24.3 Å². The fraction of sp³-hybridized carbons (Fsp3) is 0.318. The molecule has 0 heterocycles. The van der Waals surface area contributed by atoms with Crippen LogP contribution >= 0.6 is 11.6 Å². The van der Waals surface area contributed by atoms with Gasteiger partial charge in [-0.3, -0.25) is 14.4 Å². The molecule has 2 rings (SSSR count). The summed E-state index contributed by atoms with van der Waals surface area (Å²) in [5.41, 5.74) is 0.800. The van der Waals surface area contributed by atoms with Crippen LogP contribution in [0.1, 0.15) is 37.0 Å². The molecule has 1 amide bonds. The van der Waals surface area contributed by atoms with E-state index in [2.05, 4.69) is 5.32 Å². The lowest BCUT2D eigenvalue weighted by atomic mass is 10.1. The van der Waals surface area contributed by atoms with Gasteiger partial charge in [-0.15, -0.1) is 0 Å². The highest BCUT2D eigenvalue weighted by atomic mass is 35.5. The summed E-state index contributed by atoms with van der Waals surface area (Å²) in [6.45, 7) is 3.70. The van der Waals surface area contributed by atoms with Crippen LogP contribution in [0.5, 0.6) is 0 Å². The van der Waals surface area contributed by atoms with Gasteiger partial charge in [-0.25, -0.2) is 8.42 Å². The molecule has 2 aromatic carbocycles. The highest BCUT2D eigenvalue weighted by Gasteiger charge is 2.21. The Morgan fingerprint density at radius 2 is 1.53 bits per heavy atom. The van der Waals surface area contributed by atoms with Crippen molar-refractivity contribution in [2.75, 3.05) is 25.0 Å². The number of nitrogens with one attached hydrogen (secondary N) is 1. The molecule has 32 heavy (non-hydrogen) atoms. The van der Waals surface area contributed by atoms with Gasteiger partial charge in [-0.1, -0.05) is 25.4 Å². The van der Waals surface area contributed by atoms with Crippen molar-refractivity contribution in [3.63, 3.8) is 0 Å². The number of ketones is 1. The molecule has 0 fully saturated rings. The van der Waals surface area contributed by atoms with Crippen molar-refractivity contribution in [1.29, 1.82) is 0 Å². The molecule has 2 aromatic rings. The second kappa shape index (κ2) is 11.8. The zero-order valence-corrected chi connectivity index (χ0v) is 19.4. The van der Waals surface area contributed by atoms with Crippen molar-refractivity contribution >= 4 is 45.0 Å². The maximum Gasteiger partial charge on any atom is 0.306 e. The number of rotatable bonds is 11. The van der Waals surface area contributed by atoms with Crippen LogP contribution in [0.4, 0.5) is 5.69 Å². The molecule has 0 saturated carbocycles. The van der Waals surface area contributed by atoms with Crippen LogP contribution < -0.4 is 5.32 Å². The van der Waals surface area contributed by atoms with E-state index in [1.807, 2.05) is 0 Å². The van der Waals surface area contributed by atoms with Crippen molar-refractivity contribution in [2.45, 2.75) is 31.6 Å². The van der Waals surface area contributed by atoms with E-state index >= 15 is 0 Å². The lowest BCUT2D eigenvalue weighted by Crippen LogP contribution is -2.30. The molecule has 0 bridgehead atoms. The first-order chi connectivity index (χ1) is 15.2. The molecule has 0 aliphatic heterocycles. The van der Waals surface area contributed by atoms with Gasteiger partial charge in [0.1, 0.15) is 0 Å². The maximum atomic E-state index is 12.5.